The minimum Gasteiger partial charge on any atom is -0.310 e. The number of hydrogen-bond donors (Lipinski definition) is 0. The highest BCUT2D eigenvalue weighted by atomic mass is 28.3. The first-order chi connectivity index (χ1) is 65.5. The van der Waals surface area contributed by atoms with Crippen molar-refractivity contribution < 1.29 is 0 Å². The van der Waals surface area contributed by atoms with Crippen LogP contribution < -0.4 is 92.8 Å². The fourth-order valence-corrected chi connectivity index (χ4v) is 40.6. The Labute approximate surface area is 778 Å². The third-order valence-electron chi connectivity index (χ3n) is 27.4. The molecule has 0 aliphatic heterocycles. The van der Waals surface area contributed by atoms with E-state index in [4.69, 9.17) is 0 Å². The lowest BCUT2D eigenvalue weighted by Crippen LogP contribution is -2.74. The predicted octanol–water partition coefficient (Wildman–Crippen LogP) is 20.9. The van der Waals surface area contributed by atoms with Crippen LogP contribution in [0.3, 0.4) is 0 Å². The Balaban J connectivity index is 0.744. The molecule has 0 aromatic heterocycles. The molecule has 22 aromatic carbocycles. The normalized spacial score (nSPS) is 11.8. The van der Waals surface area contributed by atoms with E-state index in [1.54, 1.807) is 0 Å². The highest BCUT2D eigenvalue weighted by molar-refractivity contribution is 7.22. The van der Waals surface area contributed by atoms with Crippen LogP contribution in [0.4, 0.5) is 34.1 Å². The maximum absolute atomic E-state index is 2.96. The number of hydrogen-bond acceptors (Lipinski definition) is 2. The molecule has 0 spiro atoms. The second-order valence-electron chi connectivity index (χ2n) is 34.4. The van der Waals surface area contributed by atoms with Gasteiger partial charge in [-0.2, -0.15) is 0 Å². The molecule has 0 amide bonds. The molecule has 0 heterocycles. The van der Waals surface area contributed by atoms with E-state index >= 15 is 0 Å². The van der Waals surface area contributed by atoms with Crippen molar-refractivity contribution >= 4 is 182 Å². The minimum absolute atomic E-state index is 1.04. The zero-order valence-electron chi connectivity index (χ0n) is 73.2. The molecule has 22 rings (SSSR count). The van der Waals surface area contributed by atoms with Gasteiger partial charge in [-0.15, -0.1) is 0 Å². The van der Waals surface area contributed by atoms with Crippen molar-refractivity contribution in [3.63, 3.8) is 0 Å². The Morgan fingerprint density at radius 3 is 0.485 bits per heavy atom. The van der Waals surface area contributed by atoms with Crippen molar-refractivity contribution in [3.05, 3.63) is 570 Å². The largest absolute Gasteiger partial charge is 0.310 e. The molecule has 0 aliphatic carbocycles. The summed E-state index contributed by atoms with van der Waals surface area (Å²) in [5.41, 5.74) is 10.8. The van der Waals surface area contributed by atoms with Gasteiger partial charge in [-0.3, -0.25) is 0 Å². The molecule has 6 heteroatoms. The second kappa shape index (κ2) is 36.0. The first-order valence-electron chi connectivity index (χ1n) is 45.8. The summed E-state index contributed by atoms with van der Waals surface area (Å²) in [4.78, 5) is 5.09. The van der Waals surface area contributed by atoms with E-state index in [9.17, 15) is 0 Å². The Hall–Kier alpha value is -15.9. The molecular weight excluding hydrogens is 1650 g/mol. The Morgan fingerprint density at radius 2 is 0.280 bits per heavy atom. The van der Waals surface area contributed by atoms with Crippen molar-refractivity contribution in [2.45, 2.75) is 0 Å². The van der Waals surface area contributed by atoms with Gasteiger partial charge in [0.05, 0.1) is 11.4 Å². The summed E-state index contributed by atoms with van der Waals surface area (Å²) in [6.45, 7) is 0. The van der Waals surface area contributed by atoms with E-state index in [2.05, 4.69) is 580 Å². The topological polar surface area (TPSA) is 6.48 Å². The lowest BCUT2D eigenvalue weighted by molar-refractivity contribution is 1.30. The van der Waals surface area contributed by atoms with Gasteiger partial charge >= 0.3 is 0 Å². The smallest absolute Gasteiger partial charge is 0.179 e. The van der Waals surface area contributed by atoms with Gasteiger partial charge in [0, 0.05) is 33.5 Å². The van der Waals surface area contributed by atoms with Gasteiger partial charge in [-0.25, -0.2) is 0 Å². The Morgan fingerprint density at radius 1 is 0.106 bits per heavy atom. The fourth-order valence-electron chi connectivity index (χ4n) is 21.6. The van der Waals surface area contributed by atoms with Gasteiger partial charge in [-0.1, -0.05) is 510 Å². The van der Waals surface area contributed by atoms with Crippen LogP contribution in [0.2, 0.25) is 0 Å². The SMILES string of the molecule is c1ccc([Si](c2ccccc2)(c2ccccc2)c2ccc(-c3cccc(N(c4ccc([Si](c5ccccc5)(c5ccccc5)c5ccccc5)cc4)c4cc5c6ccccc6c(N(c6ccc([Si](c7ccccc7)(c7ccccc7)c7ccccc7)cc6)c6cccc(-c7ccc([Si](c8ccccc8)(c8ccccc8)c8ccccc8)cc7)c6)cc5c5ccccc45)c3)cc2)cc1. The number of anilines is 6. The second-order valence-corrected chi connectivity index (χ2v) is 49.6. The van der Waals surface area contributed by atoms with Gasteiger partial charge < -0.3 is 9.80 Å². The number of benzene rings is 22. The summed E-state index contributed by atoms with van der Waals surface area (Å²) < 4.78 is 0. The van der Waals surface area contributed by atoms with Crippen molar-refractivity contribution in [3.8, 4) is 22.3 Å². The van der Waals surface area contributed by atoms with Crippen LogP contribution in [0.1, 0.15) is 0 Å². The van der Waals surface area contributed by atoms with E-state index in [0.717, 1.165) is 88.7 Å². The van der Waals surface area contributed by atoms with E-state index in [0.29, 0.717) is 0 Å². The molecule has 0 saturated heterocycles. The fraction of sp³-hybridized carbons (Fsp3) is 0. The summed E-state index contributed by atoms with van der Waals surface area (Å²) in [5.74, 6) is 0. The highest BCUT2D eigenvalue weighted by Gasteiger charge is 2.46. The van der Waals surface area contributed by atoms with Crippen LogP contribution in [0.15, 0.2) is 570 Å². The average Bonchev–Trinajstić information content (AvgIpc) is 0.780. The highest BCUT2D eigenvalue weighted by Crippen LogP contribution is 2.49. The first kappa shape index (κ1) is 81.8. The van der Waals surface area contributed by atoms with Crippen LogP contribution in [-0.2, 0) is 0 Å². The number of nitrogens with zero attached hydrogens (tertiary/aromatic N) is 2. The standard InChI is InChI=1S/C126H94N2Si4/c1-13-47-103(48-14-1)129(104-49-15-2-16-50-104,105-51-17-3-18-52-105)115-83-75-95(76-84-115)97-43-41-45-101(91-97)127(99-79-87-117(88-80-99)131(109-59-25-7-26-60-109,110-61-27-8-28-62-110)111-63-29-9-30-64-111)125-93-123-120-72-38-40-74-122(120)126(94-124(123)119-71-37-39-73-121(119)125)128(100-81-89-118(90-82-100)132(112-65-31-10-32-66-112,113-67-33-11-34-68-113)114-69-35-12-36-70-114)102-46-42-44-98(92-102)96-77-85-116(86-78-96)130(106-53-19-4-20-54-106,107-55-21-5-22-56-107)108-57-23-6-24-58-108/h1-94H. The van der Waals surface area contributed by atoms with Crippen LogP contribution in [0.25, 0.3) is 54.6 Å². The summed E-state index contributed by atoms with van der Waals surface area (Å²) in [7, 11) is -11.6. The lowest BCUT2D eigenvalue weighted by atomic mass is 9.93. The molecule has 0 fully saturated rings. The zero-order valence-corrected chi connectivity index (χ0v) is 77.2. The van der Waals surface area contributed by atoms with Crippen molar-refractivity contribution in [2.75, 3.05) is 9.80 Å². The van der Waals surface area contributed by atoms with Crippen molar-refractivity contribution in [1.82, 2.24) is 0 Å². The van der Waals surface area contributed by atoms with Gasteiger partial charge in [0.2, 0.25) is 0 Å². The molecule has 0 unspecified atom stereocenters. The van der Waals surface area contributed by atoms with E-state index < -0.39 is 32.3 Å². The van der Waals surface area contributed by atoms with Crippen molar-refractivity contribution in [2.24, 2.45) is 0 Å². The zero-order chi connectivity index (χ0) is 88.1. The monoisotopic (exact) mass is 1750 g/mol. The minimum atomic E-state index is -2.96. The molecule has 2 nitrogen and oxygen atoms in total. The first-order valence-corrected chi connectivity index (χ1v) is 53.8. The molecule has 0 radical (unpaired) electrons. The maximum Gasteiger partial charge on any atom is 0.179 e. The molecule has 624 valence electrons. The molecule has 132 heavy (non-hydrogen) atoms. The van der Waals surface area contributed by atoms with Crippen LogP contribution in [-0.4, -0.2) is 32.3 Å². The third kappa shape index (κ3) is 14.4. The van der Waals surface area contributed by atoms with E-state index in [-0.39, 0.29) is 0 Å². The molecule has 0 N–H and O–H groups in total. The summed E-state index contributed by atoms with van der Waals surface area (Å²) in [6.07, 6.45) is 0. The van der Waals surface area contributed by atoms with E-state index in [1.807, 2.05) is 0 Å². The summed E-state index contributed by atoms with van der Waals surface area (Å²) in [5, 5.41) is 28.1. The van der Waals surface area contributed by atoms with Gasteiger partial charge in [0.25, 0.3) is 0 Å². The Kier molecular flexibility index (Phi) is 22.3. The van der Waals surface area contributed by atoms with Gasteiger partial charge in [0.15, 0.2) is 32.3 Å². The van der Waals surface area contributed by atoms with E-state index in [1.165, 1.54) is 83.0 Å². The maximum atomic E-state index is 2.55. The van der Waals surface area contributed by atoms with Gasteiger partial charge in [-0.05, 0) is 187 Å². The predicted molar refractivity (Wildman–Crippen MR) is 574 cm³/mol. The number of rotatable bonds is 24. The summed E-state index contributed by atoms with van der Waals surface area (Å²) in [6, 6.07) is 216. The molecule has 0 bridgehead atoms. The summed E-state index contributed by atoms with van der Waals surface area (Å²) >= 11 is 0. The van der Waals surface area contributed by atoms with Gasteiger partial charge in [0.1, 0.15) is 0 Å². The Bertz CT molecular complexity index is 6880. The quantitative estimate of drug-likeness (QED) is 0.0338. The van der Waals surface area contributed by atoms with Crippen LogP contribution in [0, 0.1) is 0 Å². The van der Waals surface area contributed by atoms with Crippen LogP contribution >= 0.6 is 0 Å². The third-order valence-corrected chi connectivity index (χ3v) is 46.6. The molecule has 22 aromatic rings. The number of fused-ring (bicyclic) bond motifs is 5. The molecular formula is C126H94N2Si4. The molecule has 0 aliphatic rings. The van der Waals surface area contributed by atoms with Crippen molar-refractivity contribution in [1.29, 1.82) is 0 Å². The molecule has 0 saturated carbocycles. The lowest BCUT2D eigenvalue weighted by Gasteiger charge is -2.35. The van der Waals surface area contributed by atoms with Crippen LogP contribution in [0.5, 0.6) is 0 Å². The molecule has 0 atom stereocenters. The average molecular weight is 1750 g/mol.